The Bertz CT molecular complexity index is 1780. The van der Waals surface area contributed by atoms with Crippen LogP contribution in [0.1, 0.15) is 5.76 Å². The first-order valence-electron chi connectivity index (χ1n) is 12.5. The Morgan fingerprint density at radius 2 is 1.62 bits per heavy atom. The quantitative estimate of drug-likeness (QED) is 0.168. The lowest BCUT2D eigenvalue weighted by Crippen LogP contribution is -2.24. The van der Waals surface area contributed by atoms with Gasteiger partial charge in [-0.05, 0) is 47.5 Å². The van der Waals surface area contributed by atoms with Gasteiger partial charge in [-0.1, -0.05) is 84.9 Å². The number of para-hydroxylation sites is 1. The summed E-state index contributed by atoms with van der Waals surface area (Å²) in [4.78, 5) is 12.3. The molecule has 2 heterocycles. The van der Waals surface area contributed by atoms with E-state index in [0.29, 0.717) is 21.8 Å². The summed E-state index contributed by atoms with van der Waals surface area (Å²) < 4.78 is 13.6. The fraction of sp³-hybridized carbons (Fsp3) is 0.0323. The van der Waals surface area contributed by atoms with Crippen molar-refractivity contribution in [3.8, 4) is 22.8 Å². The molecule has 0 fully saturated rings. The minimum absolute atomic E-state index is 0.163. The van der Waals surface area contributed by atoms with Crippen molar-refractivity contribution >= 4 is 34.7 Å². The van der Waals surface area contributed by atoms with Crippen LogP contribution in [-0.4, -0.2) is 33.5 Å². The van der Waals surface area contributed by atoms with Crippen molar-refractivity contribution in [3.63, 3.8) is 0 Å². The topological polar surface area (TPSA) is 94.5 Å². The van der Waals surface area contributed by atoms with Crippen molar-refractivity contribution in [1.82, 2.24) is 20.2 Å². The minimum Gasteiger partial charge on any atom is -0.483 e. The molecule has 0 spiro atoms. The molecule has 2 aromatic heterocycles. The Morgan fingerprint density at radius 3 is 2.48 bits per heavy atom. The van der Waals surface area contributed by atoms with E-state index in [1.54, 1.807) is 6.07 Å². The molecule has 0 bridgehead atoms. The fourth-order valence-electron chi connectivity index (χ4n) is 4.13. The zero-order valence-electron chi connectivity index (χ0n) is 21.2. The van der Waals surface area contributed by atoms with Crippen molar-refractivity contribution in [2.75, 3.05) is 6.61 Å². The number of aromatic nitrogens is 3. The lowest BCUT2D eigenvalue weighted by Gasteiger charge is -2.09. The van der Waals surface area contributed by atoms with E-state index in [0.717, 1.165) is 27.8 Å². The minimum atomic E-state index is -0.380. The van der Waals surface area contributed by atoms with Crippen molar-refractivity contribution < 1.29 is 13.9 Å². The third kappa shape index (κ3) is 5.64. The van der Waals surface area contributed by atoms with Crippen molar-refractivity contribution in [1.29, 1.82) is 0 Å². The van der Waals surface area contributed by atoms with Gasteiger partial charge in [-0.15, -0.1) is 10.2 Å². The number of ether oxygens (including phenoxy) is 1. The number of nitrogens with zero attached hydrogens (tertiary/aromatic N) is 4. The molecule has 9 heteroatoms. The van der Waals surface area contributed by atoms with Gasteiger partial charge in [-0.3, -0.25) is 9.36 Å². The molecule has 8 nitrogen and oxygen atoms in total. The van der Waals surface area contributed by atoms with Gasteiger partial charge >= 0.3 is 0 Å². The molecule has 1 N–H and O–H groups in total. The molecular formula is C31H23N5O3S. The summed E-state index contributed by atoms with van der Waals surface area (Å²) in [6.45, 7) is -0.163. The van der Waals surface area contributed by atoms with Crippen LogP contribution in [0.3, 0.4) is 0 Å². The van der Waals surface area contributed by atoms with E-state index in [1.807, 2.05) is 114 Å². The first kappa shape index (κ1) is 25.1. The molecule has 6 aromatic rings. The highest BCUT2D eigenvalue weighted by molar-refractivity contribution is 7.99. The number of carbonyl (C=O) groups is 1. The third-order valence-corrected chi connectivity index (χ3v) is 6.83. The van der Waals surface area contributed by atoms with Crippen molar-refractivity contribution in [2.45, 2.75) is 10.2 Å². The summed E-state index contributed by atoms with van der Waals surface area (Å²) >= 11 is 1.35. The SMILES string of the molecule is O=C(COc1cccc2ccccc12)NN=Cc1ccc(Sc2nnc(-c3ccccc3)n2-c2ccccc2)o1. The van der Waals surface area contributed by atoms with Crippen LogP contribution in [0.15, 0.2) is 135 Å². The standard InChI is InChI=1S/C31H23N5O3S/c37-28(21-38-27-17-9-13-22-10-7-8-16-26(22)27)33-32-20-25-18-19-29(39-25)40-31-35-34-30(23-11-3-1-4-12-23)36(31)24-14-5-2-6-15-24/h1-20H,21H2,(H,33,37). The molecule has 1 amide bonds. The second kappa shape index (κ2) is 11.7. The van der Waals surface area contributed by atoms with Crippen molar-refractivity contribution in [3.05, 3.63) is 121 Å². The molecule has 40 heavy (non-hydrogen) atoms. The van der Waals surface area contributed by atoms with Gasteiger partial charge in [0, 0.05) is 16.6 Å². The number of hydrazone groups is 1. The smallest absolute Gasteiger partial charge is 0.277 e. The highest BCUT2D eigenvalue weighted by Crippen LogP contribution is 2.33. The van der Waals surface area contributed by atoms with E-state index in [4.69, 9.17) is 9.15 Å². The first-order valence-corrected chi connectivity index (χ1v) is 13.3. The number of amides is 1. The number of nitrogens with one attached hydrogen (secondary N) is 1. The number of hydrogen-bond donors (Lipinski definition) is 1. The molecule has 196 valence electrons. The molecule has 0 unspecified atom stereocenters. The fourth-order valence-corrected chi connectivity index (χ4v) is 4.95. The molecule has 0 aliphatic carbocycles. The predicted molar refractivity (Wildman–Crippen MR) is 155 cm³/mol. The van der Waals surface area contributed by atoms with Gasteiger partial charge in [0.05, 0.1) is 6.21 Å². The zero-order valence-corrected chi connectivity index (χ0v) is 22.0. The maximum atomic E-state index is 12.3. The summed E-state index contributed by atoms with van der Waals surface area (Å²) in [5, 5.41) is 16.1. The van der Waals surface area contributed by atoms with E-state index in [1.165, 1.54) is 18.0 Å². The monoisotopic (exact) mass is 545 g/mol. The highest BCUT2D eigenvalue weighted by Gasteiger charge is 2.18. The van der Waals surface area contributed by atoms with E-state index in [2.05, 4.69) is 20.7 Å². The van der Waals surface area contributed by atoms with E-state index < -0.39 is 0 Å². The van der Waals surface area contributed by atoms with Gasteiger partial charge in [0.25, 0.3) is 5.91 Å². The van der Waals surface area contributed by atoms with Crippen LogP contribution in [0, 0.1) is 0 Å². The summed E-state index contributed by atoms with van der Waals surface area (Å²) in [5.74, 6) is 1.47. The number of fused-ring (bicyclic) bond motifs is 1. The van der Waals surface area contributed by atoms with Crippen LogP contribution < -0.4 is 10.2 Å². The molecular weight excluding hydrogens is 522 g/mol. The van der Waals surface area contributed by atoms with E-state index in [9.17, 15) is 4.79 Å². The van der Waals surface area contributed by atoms with Gasteiger partial charge in [0.15, 0.2) is 17.5 Å². The van der Waals surface area contributed by atoms with Gasteiger partial charge in [-0.25, -0.2) is 5.43 Å². The van der Waals surface area contributed by atoms with E-state index in [-0.39, 0.29) is 12.5 Å². The molecule has 4 aromatic carbocycles. The second-order valence-corrected chi connectivity index (χ2v) is 9.63. The maximum Gasteiger partial charge on any atom is 0.277 e. The van der Waals surface area contributed by atoms with Gasteiger partial charge < -0.3 is 9.15 Å². The number of carbonyl (C=O) groups excluding carboxylic acids is 1. The zero-order chi connectivity index (χ0) is 27.1. The molecule has 0 atom stereocenters. The Hall–Kier alpha value is -5.15. The Balaban J connectivity index is 1.11. The molecule has 0 saturated heterocycles. The van der Waals surface area contributed by atoms with Crippen LogP contribution in [-0.2, 0) is 4.79 Å². The number of furan rings is 1. The molecule has 0 aliphatic heterocycles. The molecule has 0 saturated carbocycles. The summed E-state index contributed by atoms with van der Waals surface area (Å²) in [5.41, 5.74) is 4.37. The van der Waals surface area contributed by atoms with Crippen LogP contribution in [0.4, 0.5) is 0 Å². The number of benzene rings is 4. The Morgan fingerprint density at radius 1 is 0.875 bits per heavy atom. The normalized spacial score (nSPS) is 11.2. The maximum absolute atomic E-state index is 12.3. The first-order chi connectivity index (χ1) is 19.7. The number of rotatable bonds is 9. The summed E-state index contributed by atoms with van der Waals surface area (Å²) in [6.07, 6.45) is 1.44. The van der Waals surface area contributed by atoms with Crippen LogP contribution >= 0.6 is 11.8 Å². The molecule has 0 aliphatic rings. The second-order valence-electron chi connectivity index (χ2n) is 8.66. The number of hydrogen-bond acceptors (Lipinski definition) is 7. The average molecular weight is 546 g/mol. The van der Waals surface area contributed by atoms with Crippen LogP contribution in [0.2, 0.25) is 0 Å². The van der Waals surface area contributed by atoms with Gasteiger partial charge in [0.2, 0.25) is 5.16 Å². The largest absolute Gasteiger partial charge is 0.483 e. The lowest BCUT2D eigenvalue weighted by atomic mass is 10.1. The highest BCUT2D eigenvalue weighted by atomic mass is 32.2. The molecule has 0 radical (unpaired) electrons. The van der Waals surface area contributed by atoms with Crippen LogP contribution in [0.25, 0.3) is 27.8 Å². The van der Waals surface area contributed by atoms with Crippen molar-refractivity contribution in [2.24, 2.45) is 5.10 Å². The van der Waals surface area contributed by atoms with Gasteiger partial charge in [-0.2, -0.15) is 5.10 Å². The predicted octanol–water partition coefficient (Wildman–Crippen LogP) is 6.36. The van der Waals surface area contributed by atoms with Gasteiger partial charge in [0.1, 0.15) is 11.5 Å². The summed E-state index contributed by atoms with van der Waals surface area (Å²) in [6, 6.07) is 37.0. The average Bonchev–Trinajstić information content (AvgIpc) is 3.64. The Kier molecular flexibility index (Phi) is 7.36. The third-order valence-electron chi connectivity index (χ3n) is 5.96. The van der Waals surface area contributed by atoms with E-state index >= 15 is 0 Å². The lowest BCUT2D eigenvalue weighted by molar-refractivity contribution is -0.123. The molecule has 6 rings (SSSR count). The van der Waals surface area contributed by atoms with Crippen LogP contribution in [0.5, 0.6) is 5.75 Å². The summed E-state index contributed by atoms with van der Waals surface area (Å²) in [7, 11) is 0. The Labute approximate surface area is 234 Å².